The highest BCUT2D eigenvalue weighted by atomic mass is 16.7. The quantitative estimate of drug-likeness (QED) is 0.237. The van der Waals surface area contributed by atoms with E-state index in [1.807, 2.05) is 55.4 Å². The van der Waals surface area contributed by atoms with Gasteiger partial charge in [-0.3, -0.25) is 14.4 Å². The summed E-state index contributed by atoms with van der Waals surface area (Å²) >= 11 is 0. The van der Waals surface area contributed by atoms with Gasteiger partial charge in [-0.1, -0.05) is 39.0 Å². The molecular formula is C37H54N4O7. The number of fused-ring (bicyclic) bond motifs is 2. The minimum absolute atomic E-state index is 0.0432. The van der Waals surface area contributed by atoms with Gasteiger partial charge >= 0.3 is 0 Å². The molecule has 3 aliphatic carbocycles. The van der Waals surface area contributed by atoms with Crippen molar-refractivity contribution in [1.82, 2.24) is 15.7 Å². The van der Waals surface area contributed by atoms with Crippen molar-refractivity contribution in [2.24, 2.45) is 29.1 Å². The van der Waals surface area contributed by atoms with Crippen molar-refractivity contribution in [3.63, 3.8) is 0 Å². The third-order valence-electron chi connectivity index (χ3n) is 11.3. The number of nitrogens with one attached hydrogen (secondary N) is 2. The first-order valence-corrected chi connectivity index (χ1v) is 17.1. The molecule has 4 aliphatic rings. The molecule has 0 aromatic heterocycles. The lowest BCUT2D eigenvalue weighted by Gasteiger charge is -2.62. The average Bonchev–Trinajstić information content (AvgIpc) is 3.43. The number of carbonyl (C=O) groups excluding carboxylic acids is 2. The number of amides is 2. The molecule has 48 heavy (non-hydrogen) atoms. The maximum atomic E-state index is 14.2. The van der Waals surface area contributed by atoms with E-state index in [9.17, 15) is 19.8 Å². The molecule has 0 radical (unpaired) electrons. The molecule has 1 unspecified atom stereocenters. The summed E-state index contributed by atoms with van der Waals surface area (Å²) in [5.74, 6) is 1.00. The van der Waals surface area contributed by atoms with Crippen LogP contribution in [0.5, 0.6) is 5.75 Å². The second-order valence-electron chi connectivity index (χ2n) is 14.6. The lowest BCUT2D eigenvalue weighted by Crippen LogP contribution is -2.62. The van der Waals surface area contributed by atoms with Gasteiger partial charge in [0.1, 0.15) is 17.9 Å². The number of carbonyl (C=O) groups is 2. The number of aliphatic hydroxyl groups is 2. The van der Waals surface area contributed by atoms with Gasteiger partial charge in [0.15, 0.2) is 0 Å². The Balaban J connectivity index is 1.45. The number of hydrogen-bond acceptors (Lipinski definition) is 9. The van der Waals surface area contributed by atoms with Crippen LogP contribution in [0, 0.1) is 29.1 Å². The van der Waals surface area contributed by atoms with E-state index >= 15 is 0 Å². The van der Waals surface area contributed by atoms with Crippen molar-refractivity contribution in [3.05, 3.63) is 47.5 Å². The first-order valence-electron chi connectivity index (χ1n) is 17.1. The summed E-state index contributed by atoms with van der Waals surface area (Å²) in [6.45, 7) is 9.17. The largest absolute Gasteiger partial charge is 0.496 e. The average molecular weight is 667 g/mol. The molecule has 1 saturated heterocycles. The SMILES string of the molecule is COCCNC(=O)c1cc(-c2cccc(CN3O[C@@H](CO)[C@@H]([C@H](C)O)C3C(=O)N[C@H]3C[C@H]4C[C@@H]([C@@H]3C)C4(C)C)c2OC)cc(N(C)C)c1. The van der Waals surface area contributed by atoms with Crippen LogP contribution in [0.3, 0.4) is 0 Å². The normalized spacial score (nSPS) is 28.3. The van der Waals surface area contributed by atoms with E-state index in [1.54, 1.807) is 26.2 Å². The number of hydroxylamine groups is 2. The number of rotatable bonds is 13. The van der Waals surface area contributed by atoms with Crippen LogP contribution in [-0.4, -0.2) is 99.5 Å². The summed E-state index contributed by atoms with van der Waals surface area (Å²) in [7, 11) is 7.02. The van der Waals surface area contributed by atoms with Crippen LogP contribution in [0.25, 0.3) is 11.1 Å². The summed E-state index contributed by atoms with van der Waals surface area (Å²) in [5.41, 5.74) is 3.95. The van der Waals surface area contributed by atoms with Crippen LogP contribution in [-0.2, 0) is 20.9 Å². The molecule has 8 atom stereocenters. The maximum absolute atomic E-state index is 14.2. The summed E-state index contributed by atoms with van der Waals surface area (Å²) in [4.78, 5) is 35.4. The first kappa shape index (κ1) is 36.1. The van der Waals surface area contributed by atoms with Gasteiger partial charge in [0, 0.05) is 62.1 Å². The van der Waals surface area contributed by atoms with Gasteiger partial charge in [0.05, 0.1) is 33.0 Å². The summed E-state index contributed by atoms with van der Waals surface area (Å²) in [6.07, 6.45) is 0.493. The highest BCUT2D eigenvalue weighted by molar-refractivity contribution is 5.97. The molecule has 4 N–H and O–H groups in total. The van der Waals surface area contributed by atoms with Gasteiger partial charge in [-0.2, -0.15) is 5.06 Å². The minimum atomic E-state index is -0.894. The minimum Gasteiger partial charge on any atom is -0.496 e. The van der Waals surface area contributed by atoms with Gasteiger partial charge in [-0.15, -0.1) is 0 Å². The third-order valence-corrected chi connectivity index (χ3v) is 11.3. The van der Waals surface area contributed by atoms with Gasteiger partial charge in [0.2, 0.25) is 5.91 Å². The molecule has 1 heterocycles. The third kappa shape index (κ3) is 6.93. The molecule has 11 heteroatoms. The zero-order valence-corrected chi connectivity index (χ0v) is 29.7. The Morgan fingerprint density at radius 1 is 1.17 bits per heavy atom. The van der Waals surface area contributed by atoms with Crippen LogP contribution in [0.2, 0.25) is 0 Å². The highest BCUT2D eigenvalue weighted by Crippen LogP contribution is 2.61. The molecule has 2 bridgehead atoms. The molecule has 6 rings (SSSR count). The second kappa shape index (κ2) is 14.7. The van der Waals surface area contributed by atoms with E-state index in [2.05, 4.69) is 31.4 Å². The van der Waals surface area contributed by atoms with Gasteiger partial charge in [-0.25, -0.2) is 0 Å². The number of aliphatic hydroxyl groups excluding tert-OH is 2. The summed E-state index contributed by atoms with van der Waals surface area (Å²) in [6, 6.07) is 10.6. The Morgan fingerprint density at radius 2 is 1.92 bits per heavy atom. The monoisotopic (exact) mass is 666 g/mol. The Bertz CT molecular complexity index is 1460. The van der Waals surface area contributed by atoms with Crippen LogP contribution < -0.4 is 20.3 Å². The van der Waals surface area contributed by atoms with Gasteiger partial charge in [0.25, 0.3) is 5.91 Å². The Hall–Kier alpha value is -3.22. The van der Waals surface area contributed by atoms with E-state index in [0.717, 1.165) is 28.8 Å². The zero-order valence-electron chi connectivity index (χ0n) is 29.7. The fourth-order valence-corrected chi connectivity index (χ4v) is 8.35. The van der Waals surface area contributed by atoms with Crippen LogP contribution in [0.4, 0.5) is 5.69 Å². The highest BCUT2D eigenvalue weighted by Gasteiger charge is 2.57. The molecule has 0 spiro atoms. The van der Waals surface area contributed by atoms with Gasteiger partial charge < -0.3 is 35.2 Å². The number of para-hydroxylation sites is 1. The number of anilines is 1. The molecule has 11 nitrogen and oxygen atoms in total. The van der Waals surface area contributed by atoms with Crippen molar-refractivity contribution in [1.29, 1.82) is 0 Å². The lowest BCUT2D eigenvalue weighted by atomic mass is 9.45. The summed E-state index contributed by atoms with van der Waals surface area (Å²) in [5, 5.41) is 29.0. The topological polar surface area (TPSA) is 133 Å². The van der Waals surface area contributed by atoms with E-state index in [4.69, 9.17) is 14.3 Å². The Labute approximate surface area is 284 Å². The second-order valence-corrected chi connectivity index (χ2v) is 14.6. The molecular weight excluding hydrogens is 612 g/mol. The fourth-order valence-electron chi connectivity index (χ4n) is 8.35. The molecule has 4 fully saturated rings. The van der Waals surface area contributed by atoms with Crippen molar-refractivity contribution >= 4 is 17.5 Å². The van der Waals surface area contributed by atoms with E-state index in [1.165, 1.54) is 6.42 Å². The first-order chi connectivity index (χ1) is 22.8. The van der Waals surface area contributed by atoms with Crippen LogP contribution >= 0.6 is 0 Å². The van der Waals surface area contributed by atoms with Crippen molar-refractivity contribution < 1.29 is 34.1 Å². The standard InChI is InChI=1S/C37H54N4O7/c1-21-29-17-26(37(29,3)4)18-30(21)39-36(45)33-32(22(2)43)31(20-42)48-41(33)19-23-10-9-11-28(34(23)47-8)24-14-25(16-27(15-24)40(5)6)35(44)38-12-13-46-7/h9-11,14-16,21-22,26,29-33,42-43H,12-13,17-20H2,1-8H3,(H,38,44)(H,39,45)/t21-,22-,26+,29-,30-,31-,32+,33?/m0/s1. The predicted molar refractivity (Wildman–Crippen MR) is 185 cm³/mol. The van der Waals surface area contributed by atoms with Crippen molar-refractivity contribution in [2.75, 3.05) is 53.0 Å². The molecule has 3 saturated carbocycles. The smallest absolute Gasteiger partial charge is 0.251 e. The summed E-state index contributed by atoms with van der Waals surface area (Å²) < 4.78 is 11.1. The molecule has 1 aliphatic heterocycles. The number of hydrogen-bond donors (Lipinski definition) is 4. The number of nitrogens with zero attached hydrogens (tertiary/aromatic N) is 2. The predicted octanol–water partition coefficient (Wildman–Crippen LogP) is 3.47. The Kier molecular flexibility index (Phi) is 11.1. The number of methoxy groups -OCH3 is 2. The molecule has 2 aromatic carbocycles. The molecule has 2 amide bonds. The molecule has 2 aromatic rings. The number of ether oxygens (including phenoxy) is 2. The van der Waals surface area contributed by atoms with E-state index in [0.29, 0.717) is 42.2 Å². The van der Waals surface area contributed by atoms with Crippen molar-refractivity contribution in [2.45, 2.75) is 71.4 Å². The van der Waals surface area contributed by atoms with Crippen LogP contribution in [0.15, 0.2) is 36.4 Å². The lowest BCUT2D eigenvalue weighted by molar-refractivity contribution is -0.183. The number of benzene rings is 2. The maximum Gasteiger partial charge on any atom is 0.251 e. The van der Waals surface area contributed by atoms with Crippen LogP contribution in [0.1, 0.15) is 56.5 Å². The molecule has 264 valence electrons. The Morgan fingerprint density at radius 3 is 2.52 bits per heavy atom. The van der Waals surface area contributed by atoms with Crippen molar-refractivity contribution in [3.8, 4) is 16.9 Å². The van der Waals surface area contributed by atoms with E-state index < -0.39 is 24.2 Å². The van der Waals surface area contributed by atoms with Gasteiger partial charge in [-0.05, 0) is 66.7 Å². The van der Waals surface area contributed by atoms with E-state index in [-0.39, 0.29) is 36.4 Å². The zero-order chi connectivity index (χ0) is 34.9. The fraction of sp³-hybridized carbons (Fsp3) is 0.622.